The lowest BCUT2D eigenvalue weighted by Crippen LogP contribution is -2.13. The van der Waals surface area contributed by atoms with Gasteiger partial charge in [-0.3, -0.25) is 9.98 Å². The normalized spacial score (nSPS) is 12.8. The summed E-state index contributed by atoms with van der Waals surface area (Å²) in [5.41, 5.74) is 5.14. The molecule has 0 radical (unpaired) electrons. The highest BCUT2D eigenvalue weighted by molar-refractivity contribution is 5.78. The first-order valence-corrected chi connectivity index (χ1v) is 10.4. The van der Waals surface area contributed by atoms with E-state index in [1.807, 2.05) is 18.3 Å². The minimum absolute atomic E-state index is 0.212. The molecule has 164 valence electrons. The SMILES string of the molecule is C=N/C=C(\C=C(/C)F)c1nc(NCCc2c[nH]c3cccnc23)n2ncc(C(C)C)c2n1. The molecule has 4 aromatic heterocycles. The van der Waals surface area contributed by atoms with Crippen LogP contribution in [0, 0.1) is 0 Å². The van der Waals surface area contributed by atoms with Gasteiger partial charge in [0, 0.05) is 36.3 Å². The number of halogens is 1. The molecule has 0 amide bonds. The Balaban J connectivity index is 1.69. The molecular formula is C23H25FN8. The molecule has 0 aromatic carbocycles. The van der Waals surface area contributed by atoms with Crippen molar-refractivity contribution in [1.29, 1.82) is 0 Å². The van der Waals surface area contributed by atoms with Gasteiger partial charge >= 0.3 is 0 Å². The van der Waals surface area contributed by atoms with Gasteiger partial charge in [-0.25, -0.2) is 9.37 Å². The van der Waals surface area contributed by atoms with Gasteiger partial charge in [0.15, 0.2) is 11.5 Å². The number of fused-ring (bicyclic) bond motifs is 2. The minimum atomic E-state index is -0.373. The second-order valence-electron chi connectivity index (χ2n) is 7.75. The lowest BCUT2D eigenvalue weighted by molar-refractivity contribution is 0.641. The van der Waals surface area contributed by atoms with E-state index in [1.54, 1.807) is 16.9 Å². The highest BCUT2D eigenvalue weighted by Crippen LogP contribution is 2.24. The number of nitrogens with zero attached hydrogens (tertiary/aromatic N) is 6. The summed E-state index contributed by atoms with van der Waals surface area (Å²) in [7, 11) is 0. The first-order chi connectivity index (χ1) is 15.5. The van der Waals surface area contributed by atoms with Crippen LogP contribution < -0.4 is 5.32 Å². The van der Waals surface area contributed by atoms with Crippen molar-refractivity contribution in [3.8, 4) is 0 Å². The van der Waals surface area contributed by atoms with Crippen molar-refractivity contribution in [3.05, 3.63) is 65.8 Å². The van der Waals surface area contributed by atoms with Gasteiger partial charge in [0.25, 0.3) is 0 Å². The zero-order valence-corrected chi connectivity index (χ0v) is 18.3. The third-order valence-electron chi connectivity index (χ3n) is 5.05. The summed E-state index contributed by atoms with van der Waals surface area (Å²) in [4.78, 5) is 20.8. The molecule has 0 saturated carbocycles. The van der Waals surface area contributed by atoms with Gasteiger partial charge in [-0.15, -0.1) is 0 Å². The van der Waals surface area contributed by atoms with E-state index in [1.165, 1.54) is 19.2 Å². The van der Waals surface area contributed by atoms with E-state index >= 15 is 0 Å². The molecule has 4 heterocycles. The van der Waals surface area contributed by atoms with E-state index in [9.17, 15) is 4.39 Å². The highest BCUT2D eigenvalue weighted by Gasteiger charge is 2.17. The molecule has 0 fully saturated rings. The lowest BCUT2D eigenvalue weighted by Gasteiger charge is -2.11. The summed E-state index contributed by atoms with van der Waals surface area (Å²) < 4.78 is 15.3. The van der Waals surface area contributed by atoms with Gasteiger partial charge in [-0.05, 0) is 49.8 Å². The lowest BCUT2D eigenvalue weighted by atomic mass is 10.1. The van der Waals surface area contributed by atoms with Gasteiger partial charge < -0.3 is 10.3 Å². The Morgan fingerprint density at radius 3 is 2.97 bits per heavy atom. The number of rotatable bonds is 8. The molecule has 0 saturated heterocycles. The Bertz CT molecular complexity index is 1320. The molecular weight excluding hydrogens is 407 g/mol. The molecule has 0 aliphatic rings. The summed E-state index contributed by atoms with van der Waals surface area (Å²) in [5.74, 6) is 0.705. The number of nitrogens with one attached hydrogen (secondary N) is 2. The Morgan fingerprint density at radius 1 is 1.38 bits per heavy atom. The van der Waals surface area contributed by atoms with Crippen LogP contribution in [0.1, 0.15) is 43.6 Å². The van der Waals surface area contributed by atoms with Gasteiger partial charge in [0.2, 0.25) is 5.95 Å². The first-order valence-electron chi connectivity index (χ1n) is 10.4. The summed E-state index contributed by atoms with van der Waals surface area (Å²) in [6, 6.07) is 3.90. The van der Waals surface area contributed by atoms with Gasteiger partial charge in [-0.2, -0.15) is 14.6 Å². The summed E-state index contributed by atoms with van der Waals surface area (Å²) in [6.45, 7) is 9.59. The predicted octanol–water partition coefficient (Wildman–Crippen LogP) is 4.69. The summed E-state index contributed by atoms with van der Waals surface area (Å²) in [6.07, 6.45) is 9.06. The molecule has 8 nitrogen and oxygen atoms in total. The Kier molecular flexibility index (Phi) is 6.07. The van der Waals surface area contributed by atoms with Crippen molar-refractivity contribution in [2.75, 3.05) is 11.9 Å². The summed E-state index contributed by atoms with van der Waals surface area (Å²) >= 11 is 0. The van der Waals surface area contributed by atoms with Crippen LogP contribution in [0.3, 0.4) is 0 Å². The van der Waals surface area contributed by atoms with Crippen LogP contribution in [-0.4, -0.2) is 42.8 Å². The van der Waals surface area contributed by atoms with Crippen LogP contribution in [0.5, 0.6) is 0 Å². The molecule has 4 rings (SSSR count). The van der Waals surface area contributed by atoms with Gasteiger partial charge in [-0.1, -0.05) is 13.8 Å². The standard InChI is InChI=1S/C23H25FN8/c1-14(2)18-13-29-32-22(18)30-21(17(11-25-4)10-15(3)24)31-23(32)27-9-7-16-12-28-19-6-5-8-26-20(16)19/h5-6,8,10-14,28H,4,7,9H2,1-3H3,(H,27,30,31)/b15-10+,17-11+. The number of aromatic nitrogens is 6. The number of aromatic amines is 1. The third-order valence-corrected chi connectivity index (χ3v) is 5.05. The molecule has 4 aromatic rings. The Hall–Kier alpha value is -3.88. The van der Waals surface area contributed by atoms with Crippen molar-refractivity contribution in [1.82, 2.24) is 29.5 Å². The molecule has 32 heavy (non-hydrogen) atoms. The number of allylic oxidation sites excluding steroid dienone is 3. The smallest absolute Gasteiger partial charge is 0.227 e. The van der Waals surface area contributed by atoms with Crippen LogP contribution in [0.2, 0.25) is 0 Å². The fraction of sp³-hybridized carbons (Fsp3) is 0.261. The number of aliphatic imine (C=N–C) groups is 1. The fourth-order valence-corrected chi connectivity index (χ4v) is 3.53. The molecule has 0 atom stereocenters. The maximum absolute atomic E-state index is 13.7. The van der Waals surface area contributed by atoms with E-state index in [2.05, 4.69) is 55.9 Å². The first kappa shape index (κ1) is 21.4. The highest BCUT2D eigenvalue weighted by atomic mass is 19.1. The number of hydrogen-bond donors (Lipinski definition) is 2. The number of pyridine rings is 1. The molecule has 0 spiro atoms. The average molecular weight is 433 g/mol. The maximum Gasteiger partial charge on any atom is 0.227 e. The van der Waals surface area contributed by atoms with E-state index in [0.29, 0.717) is 29.5 Å². The van der Waals surface area contributed by atoms with Crippen LogP contribution in [0.15, 0.2) is 53.8 Å². The molecule has 0 aliphatic carbocycles. The molecule has 9 heteroatoms. The predicted molar refractivity (Wildman–Crippen MR) is 126 cm³/mol. The van der Waals surface area contributed by atoms with Crippen molar-refractivity contribution >= 4 is 34.9 Å². The zero-order chi connectivity index (χ0) is 22.7. The second kappa shape index (κ2) is 9.09. The second-order valence-corrected chi connectivity index (χ2v) is 7.75. The van der Waals surface area contributed by atoms with E-state index in [4.69, 9.17) is 0 Å². The topological polar surface area (TPSA) is 96.2 Å². The average Bonchev–Trinajstić information content (AvgIpc) is 3.37. The van der Waals surface area contributed by atoms with Crippen LogP contribution >= 0.6 is 0 Å². The van der Waals surface area contributed by atoms with Crippen LogP contribution in [-0.2, 0) is 6.42 Å². The van der Waals surface area contributed by atoms with E-state index in [0.717, 1.165) is 28.6 Å². The molecule has 2 N–H and O–H groups in total. The zero-order valence-electron chi connectivity index (χ0n) is 18.3. The summed E-state index contributed by atoms with van der Waals surface area (Å²) in [5, 5.41) is 7.83. The largest absolute Gasteiger partial charge is 0.360 e. The number of hydrogen-bond acceptors (Lipinski definition) is 6. The maximum atomic E-state index is 13.7. The number of anilines is 1. The van der Waals surface area contributed by atoms with Crippen molar-refractivity contribution in [2.45, 2.75) is 33.1 Å². The van der Waals surface area contributed by atoms with Gasteiger partial charge in [0.05, 0.1) is 23.1 Å². The van der Waals surface area contributed by atoms with Gasteiger partial charge in [0.1, 0.15) is 0 Å². The molecule has 0 bridgehead atoms. The third kappa shape index (κ3) is 4.27. The Morgan fingerprint density at radius 2 is 2.22 bits per heavy atom. The molecule has 0 aliphatic heterocycles. The van der Waals surface area contributed by atoms with Crippen LogP contribution in [0.25, 0.3) is 22.3 Å². The van der Waals surface area contributed by atoms with E-state index < -0.39 is 0 Å². The van der Waals surface area contributed by atoms with Crippen molar-refractivity contribution < 1.29 is 4.39 Å². The van der Waals surface area contributed by atoms with E-state index in [-0.39, 0.29) is 11.7 Å². The number of H-pyrrole nitrogens is 1. The van der Waals surface area contributed by atoms with Crippen LogP contribution in [0.4, 0.5) is 10.3 Å². The minimum Gasteiger partial charge on any atom is -0.360 e. The quantitative estimate of drug-likeness (QED) is 0.311. The molecule has 0 unspecified atom stereocenters. The van der Waals surface area contributed by atoms with Crippen molar-refractivity contribution in [3.63, 3.8) is 0 Å². The van der Waals surface area contributed by atoms with Crippen molar-refractivity contribution in [2.24, 2.45) is 4.99 Å². The monoisotopic (exact) mass is 432 g/mol. The Labute approximate surface area is 185 Å². The fourth-order valence-electron chi connectivity index (χ4n) is 3.53.